The quantitative estimate of drug-likeness (QED) is 0.770. The van der Waals surface area contributed by atoms with Gasteiger partial charge in [0.15, 0.2) is 0 Å². The summed E-state index contributed by atoms with van der Waals surface area (Å²) in [6.07, 6.45) is 2.31. The maximum absolute atomic E-state index is 11.5. The fourth-order valence-electron chi connectivity index (χ4n) is 3.38. The molecule has 1 fully saturated rings. The first kappa shape index (κ1) is 19.6. The van der Waals surface area contributed by atoms with Gasteiger partial charge in [0.2, 0.25) is 10.0 Å². The van der Waals surface area contributed by atoms with E-state index < -0.39 is 10.0 Å². The van der Waals surface area contributed by atoms with Crippen LogP contribution in [0, 0.1) is 11.3 Å². The third-order valence-electron chi connectivity index (χ3n) is 4.74. The predicted octanol–water partition coefficient (Wildman–Crippen LogP) is 3.11. The normalized spacial score (nSPS) is 16.0. The topological polar surface area (TPSA) is 99.2 Å². The second kappa shape index (κ2) is 8.28. The summed E-state index contributed by atoms with van der Waals surface area (Å²) in [6, 6.07) is 14.2. The minimum Gasteiger partial charge on any atom is -0.382 e. The number of rotatable bonds is 6. The molecule has 1 unspecified atom stereocenters. The van der Waals surface area contributed by atoms with Gasteiger partial charge in [-0.15, -0.1) is 0 Å². The first-order chi connectivity index (χ1) is 12.9. The first-order valence-electron chi connectivity index (χ1n) is 8.69. The van der Waals surface area contributed by atoms with Gasteiger partial charge in [-0.3, -0.25) is 4.90 Å². The Morgan fingerprint density at radius 2 is 1.96 bits per heavy atom. The lowest BCUT2D eigenvalue weighted by molar-refractivity contribution is 0.256. The van der Waals surface area contributed by atoms with Crippen LogP contribution in [0.2, 0.25) is 5.02 Å². The van der Waals surface area contributed by atoms with E-state index in [9.17, 15) is 13.7 Å². The van der Waals surface area contributed by atoms with Gasteiger partial charge in [0, 0.05) is 11.6 Å². The van der Waals surface area contributed by atoms with Crippen LogP contribution in [0.5, 0.6) is 0 Å². The largest absolute Gasteiger partial charge is 0.382 e. The molecule has 2 aromatic rings. The summed E-state index contributed by atoms with van der Waals surface area (Å²) in [5.41, 5.74) is 1.93. The van der Waals surface area contributed by atoms with Crippen LogP contribution in [0.4, 0.5) is 5.69 Å². The summed E-state index contributed by atoms with van der Waals surface area (Å²) < 4.78 is 23.0. The zero-order valence-corrected chi connectivity index (χ0v) is 16.3. The van der Waals surface area contributed by atoms with Crippen molar-refractivity contribution >= 4 is 27.3 Å². The van der Waals surface area contributed by atoms with Crippen molar-refractivity contribution in [1.82, 2.24) is 4.90 Å². The molecule has 2 aromatic carbocycles. The molecular weight excluding hydrogens is 384 g/mol. The van der Waals surface area contributed by atoms with Crippen LogP contribution < -0.4 is 10.5 Å². The highest BCUT2D eigenvalue weighted by molar-refractivity contribution is 7.89. The summed E-state index contributed by atoms with van der Waals surface area (Å²) in [4.78, 5) is 2.32. The number of nitrogens with one attached hydrogen (secondary N) is 1. The van der Waals surface area contributed by atoms with Crippen molar-refractivity contribution in [3.63, 3.8) is 0 Å². The lowest BCUT2D eigenvalue weighted by atomic mass is 10.0. The molecule has 8 heteroatoms. The molecule has 1 atom stereocenters. The number of benzene rings is 2. The van der Waals surface area contributed by atoms with E-state index in [1.54, 1.807) is 6.07 Å². The number of nitrogens with zero attached hydrogens (tertiary/aromatic N) is 2. The van der Waals surface area contributed by atoms with Crippen LogP contribution in [0.3, 0.4) is 0 Å². The number of halogens is 1. The molecule has 0 radical (unpaired) electrons. The van der Waals surface area contributed by atoms with Crippen LogP contribution in [0.15, 0.2) is 47.4 Å². The van der Waals surface area contributed by atoms with Gasteiger partial charge >= 0.3 is 0 Å². The molecular formula is C19H21ClN4O2S. The molecule has 1 aliphatic rings. The highest BCUT2D eigenvalue weighted by Crippen LogP contribution is 2.28. The molecule has 142 valence electrons. The molecule has 27 heavy (non-hydrogen) atoms. The van der Waals surface area contributed by atoms with Crippen LogP contribution >= 0.6 is 11.6 Å². The second-order valence-corrected chi connectivity index (χ2v) is 8.56. The van der Waals surface area contributed by atoms with E-state index in [4.69, 9.17) is 16.7 Å². The van der Waals surface area contributed by atoms with Crippen molar-refractivity contribution < 1.29 is 8.42 Å². The Morgan fingerprint density at radius 1 is 1.22 bits per heavy atom. The minimum atomic E-state index is -3.85. The number of sulfonamides is 1. The molecule has 0 aliphatic carbocycles. The summed E-state index contributed by atoms with van der Waals surface area (Å²) in [6.45, 7) is 2.59. The predicted molar refractivity (Wildman–Crippen MR) is 106 cm³/mol. The lowest BCUT2D eigenvalue weighted by Crippen LogP contribution is -2.31. The third kappa shape index (κ3) is 4.79. The number of anilines is 1. The van der Waals surface area contributed by atoms with E-state index in [-0.39, 0.29) is 16.5 Å². The molecule has 1 aliphatic heterocycles. The molecule has 1 heterocycles. The average molecular weight is 405 g/mol. The van der Waals surface area contributed by atoms with Crippen molar-refractivity contribution in [2.75, 3.05) is 25.0 Å². The van der Waals surface area contributed by atoms with E-state index in [0.717, 1.165) is 31.5 Å². The van der Waals surface area contributed by atoms with E-state index >= 15 is 0 Å². The first-order valence-corrected chi connectivity index (χ1v) is 10.6. The van der Waals surface area contributed by atoms with Gasteiger partial charge in [0.25, 0.3) is 0 Å². The zero-order chi connectivity index (χ0) is 19.4. The molecule has 3 rings (SSSR count). The Kier molecular flexibility index (Phi) is 6.02. The number of likely N-dealkylation sites (tertiary alicyclic amines) is 1. The van der Waals surface area contributed by atoms with E-state index in [1.165, 1.54) is 12.1 Å². The second-order valence-electron chi connectivity index (χ2n) is 6.56. The van der Waals surface area contributed by atoms with Gasteiger partial charge in [-0.05, 0) is 61.8 Å². The van der Waals surface area contributed by atoms with E-state index in [2.05, 4.69) is 10.2 Å². The molecule has 0 aromatic heterocycles. The zero-order valence-electron chi connectivity index (χ0n) is 14.7. The fourth-order valence-corrected chi connectivity index (χ4v) is 4.12. The Hall–Kier alpha value is -2.11. The van der Waals surface area contributed by atoms with Gasteiger partial charge in [0.1, 0.15) is 6.07 Å². The Balaban J connectivity index is 1.84. The Morgan fingerprint density at radius 3 is 2.59 bits per heavy atom. The smallest absolute Gasteiger partial charge is 0.238 e. The van der Waals surface area contributed by atoms with Crippen LogP contribution in [0.1, 0.15) is 30.0 Å². The monoisotopic (exact) mass is 404 g/mol. The number of hydrogen-bond acceptors (Lipinski definition) is 5. The summed E-state index contributed by atoms with van der Waals surface area (Å²) in [5, 5.41) is 18.5. The van der Waals surface area contributed by atoms with Gasteiger partial charge in [-0.25, -0.2) is 13.6 Å². The molecule has 0 amide bonds. The van der Waals surface area contributed by atoms with Crippen LogP contribution in [-0.2, 0) is 10.0 Å². The van der Waals surface area contributed by atoms with Crippen LogP contribution in [-0.4, -0.2) is 33.0 Å². The maximum Gasteiger partial charge on any atom is 0.238 e. The molecule has 0 saturated carbocycles. The highest BCUT2D eigenvalue weighted by atomic mass is 35.5. The SMILES string of the molecule is N#Cc1cc(S(N)(=O)=O)ccc1NCC(c1cccc(Cl)c1)N1CCCC1. The Labute approximate surface area is 164 Å². The number of nitrogens with two attached hydrogens (primary N) is 1. The summed E-state index contributed by atoms with van der Waals surface area (Å²) >= 11 is 6.17. The number of hydrogen-bond donors (Lipinski definition) is 2. The van der Waals surface area contributed by atoms with Gasteiger partial charge in [0.05, 0.1) is 22.2 Å². The van der Waals surface area contributed by atoms with Crippen molar-refractivity contribution in [1.29, 1.82) is 5.26 Å². The fraction of sp³-hybridized carbons (Fsp3) is 0.316. The molecule has 1 saturated heterocycles. The van der Waals surface area contributed by atoms with Crippen LogP contribution in [0.25, 0.3) is 0 Å². The molecule has 3 N–H and O–H groups in total. The molecule has 6 nitrogen and oxygen atoms in total. The number of nitriles is 1. The highest BCUT2D eigenvalue weighted by Gasteiger charge is 2.24. The van der Waals surface area contributed by atoms with Crippen molar-refractivity contribution in [3.05, 3.63) is 58.6 Å². The van der Waals surface area contributed by atoms with Gasteiger partial charge in [-0.2, -0.15) is 5.26 Å². The summed E-state index contributed by atoms with van der Waals surface area (Å²) in [5.74, 6) is 0. The van der Waals surface area contributed by atoms with Gasteiger partial charge in [-0.1, -0.05) is 23.7 Å². The molecule has 0 spiro atoms. The maximum atomic E-state index is 11.5. The lowest BCUT2D eigenvalue weighted by Gasteiger charge is -2.29. The summed E-state index contributed by atoms with van der Waals surface area (Å²) in [7, 11) is -3.85. The standard InChI is InChI=1S/C19H21ClN4O2S/c20-16-5-3-4-14(10-16)19(24-8-1-2-9-24)13-23-18-7-6-17(27(22,25)26)11-15(18)12-21/h3-7,10-11,19,23H,1-2,8-9,13H2,(H2,22,25,26). The van der Waals surface area contributed by atoms with E-state index in [1.807, 2.05) is 30.3 Å². The van der Waals surface area contributed by atoms with E-state index in [0.29, 0.717) is 17.3 Å². The average Bonchev–Trinajstić information content (AvgIpc) is 3.15. The van der Waals surface area contributed by atoms with Gasteiger partial charge < -0.3 is 5.32 Å². The minimum absolute atomic E-state index is 0.0736. The van der Waals surface area contributed by atoms with Crippen molar-refractivity contribution in [3.8, 4) is 6.07 Å². The third-order valence-corrected chi connectivity index (χ3v) is 5.89. The van der Waals surface area contributed by atoms with Crippen molar-refractivity contribution in [2.24, 2.45) is 5.14 Å². The van der Waals surface area contributed by atoms with Crippen molar-refractivity contribution in [2.45, 2.75) is 23.8 Å². The Bertz CT molecular complexity index is 966. The molecule has 0 bridgehead atoms. The number of primary sulfonamides is 1.